The maximum Gasteiger partial charge on any atom is 0.263 e. The molecule has 112 valence electrons. The van der Waals surface area contributed by atoms with Crippen molar-refractivity contribution in [3.63, 3.8) is 0 Å². The maximum absolute atomic E-state index is 12.2. The van der Waals surface area contributed by atoms with Crippen LogP contribution in [0.5, 0.6) is 0 Å². The first kappa shape index (κ1) is 14.6. The Balaban J connectivity index is 1.86. The second kappa shape index (κ2) is 5.78. The Bertz CT molecular complexity index is 856. The van der Waals surface area contributed by atoms with Crippen molar-refractivity contribution in [2.45, 2.75) is 4.90 Å². The second-order valence-electron chi connectivity index (χ2n) is 4.59. The van der Waals surface area contributed by atoms with E-state index in [9.17, 15) is 8.42 Å². The van der Waals surface area contributed by atoms with E-state index < -0.39 is 10.0 Å². The molecule has 0 aliphatic heterocycles. The predicted molar refractivity (Wildman–Crippen MR) is 89.2 cm³/mol. The molecule has 0 saturated carbocycles. The van der Waals surface area contributed by atoms with Gasteiger partial charge >= 0.3 is 0 Å². The third-order valence-electron chi connectivity index (χ3n) is 3.06. The second-order valence-corrected chi connectivity index (χ2v) is 7.17. The zero-order valence-electron chi connectivity index (χ0n) is 11.4. The molecule has 5 nitrogen and oxygen atoms in total. The summed E-state index contributed by atoms with van der Waals surface area (Å²) >= 11 is 1.23. The van der Waals surface area contributed by atoms with Crippen molar-refractivity contribution in [1.29, 1.82) is 0 Å². The fourth-order valence-corrected chi connectivity index (χ4v) is 3.74. The number of hydrogen-bond donors (Lipinski definition) is 2. The molecule has 3 aromatic rings. The van der Waals surface area contributed by atoms with Gasteiger partial charge in [-0.1, -0.05) is 24.3 Å². The van der Waals surface area contributed by atoms with Crippen LogP contribution < -0.4 is 10.5 Å². The van der Waals surface area contributed by atoms with Gasteiger partial charge in [0, 0.05) is 17.3 Å². The maximum atomic E-state index is 12.2. The molecule has 0 aliphatic rings. The van der Waals surface area contributed by atoms with Gasteiger partial charge in [-0.15, -0.1) is 11.3 Å². The highest BCUT2D eigenvalue weighted by atomic mass is 32.2. The number of sulfonamides is 1. The van der Waals surface area contributed by atoms with Crippen molar-refractivity contribution in [2.24, 2.45) is 0 Å². The molecule has 0 radical (unpaired) electrons. The zero-order valence-corrected chi connectivity index (χ0v) is 13.1. The van der Waals surface area contributed by atoms with E-state index in [2.05, 4.69) is 9.71 Å². The number of anilines is 2. The predicted octanol–water partition coefficient (Wildman–Crippen LogP) is 3.19. The Labute approximate surface area is 132 Å². The molecule has 3 rings (SSSR count). The number of nitrogens with zero attached hydrogens (tertiary/aromatic N) is 1. The molecule has 1 heterocycles. The Morgan fingerprint density at radius 3 is 2.09 bits per heavy atom. The van der Waals surface area contributed by atoms with Crippen LogP contribution in [-0.4, -0.2) is 13.4 Å². The molecule has 0 atom stereocenters. The first-order chi connectivity index (χ1) is 10.5. The summed E-state index contributed by atoms with van der Waals surface area (Å²) in [5, 5.41) is 2.06. The zero-order chi connectivity index (χ0) is 15.6. The monoisotopic (exact) mass is 331 g/mol. The Morgan fingerprint density at radius 2 is 1.55 bits per heavy atom. The van der Waals surface area contributed by atoms with Gasteiger partial charge in [-0.25, -0.2) is 13.4 Å². The molecule has 2 aromatic carbocycles. The van der Waals surface area contributed by atoms with Crippen LogP contribution in [0.4, 0.5) is 10.8 Å². The van der Waals surface area contributed by atoms with Crippen LogP contribution in [0.15, 0.2) is 65.0 Å². The molecule has 0 amide bonds. The highest BCUT2D eigenvalue weighted by molar-refractivity contribution is 7.93. The molecular weight excluding hydrogens is 318 g/mol. The lowest BCUT2D eigenvalue weighted by Gasteiger charge is -2.07. The van der Waals surface area contributed by atoms with Gasteiger partial charge in [0.2, 0.25) is 0 Å². The fourth-order valence-electron chi connectivity index (χ4n) is 1.95. The third kappa shape index (κ3) is 3.10. The smallest absolute Gasteiger partial charge is 0.263 e. The topological polar surface area (TPSA) is 85.1 Å². The van der Waals surface area contributed by atoms with E-state index in [1.807, 2.05) is 24.3 Å². The van der Waals surface area contributed by atoms with Crippen LogP contribution in [-0.2, 0) is 10.0 Å². The largest absolute Gasteiger partial charge is 0.399 e. The summed E-state index contributed by atoms with van der Waals surface area (Å²) in [6, 6.07) is 14.1. The van der Waals surface area contributed by atoms with E-state index in [1.165, 1.54) is 11.3 Å². The van der Waals surface area contributed by atoms with Gasteiger partial charge < -0.3 is 5.73 Å². The Morgan fingerprint density at radius 1 is 0.955 bits per heavy atom. The lowest BCUT2D eigenvalue weighted by atomic mass is 10.1. The van der Waals surface area contributed by atoms with Crippen LogP contribution in [0, 0.1) is 0 Å². The molecule has 0 bridgehead atoms. The minimum Gasteiger partial charge on any atom is -0.399 e. The number of hydrogen-bond acceptors (Lipinski definition) is 5. The summed E-state index contributed by atoms with van der Waals surface area (Å²) in [4.78, 5) is 4.11. The van der Waals surface area contributed by atoms with Gasteiger partial charge in [-0.3, -0.25) is 4.72 Å². The van der Waals surface area contributed by atoms with Gasteiger partial charge in [0.05, 0.1) is 4.90 Å². The van der Waals surface area contributed by atoms with Gasteiger partial charge in [-0.05, 0) is 35.4 Å². The fraction of sp³-hybridized carbons (Fsp3) is 0. The summed E-state index contributed by atoms with van der Waals surface area (Å²) in [6.07, 6.45) is 1.55. The Kier molecular flexibility index (Phi) is 3.82. The summed E-state index contributed by atoms with van der Waals surface area (Å²) in [6.45, 7) is 0. The van der Waals surface area contributed by atoms with E-state index in [1.54, 1.807) is 35.8 Å². The number of nitrogens with two attached hydrogens (primary N) is 1. The number of benzene rings is 2. The first-order valence-corrected chi connectivity index (χ1v) is 8.79. The van der Waals surface area contributed by atoms with Gasteiger partial charge in [0.1, 0.15) is 0 Å². The van der Waals surface area contributed by atoms with Gasteiger partial charge in [0.15, 0.2) is 5.13 Å². The van der Waals surface area contributed by atoms with E-state index in [0.717, 1.165) is 11.1 Å². The lowest BCUT2D eigenvalue weighted by molar-refractivity contribution is 0.601. The van der Waals surface area contributed by atoms with E-state index in [4.69, 9.17) is 5.73 Å². The van der Waals surface area contributed by atoms with E-state index in [-0.39, 0.29) is 4.90 Å². The summed E-state index contributed by atoms with van der Waals surface area (Å²) in [5.41, 5.74) is 8.25. The highest BCUT2D eigenvalue weighted by Crippen LogP contribution is 2.23. The molecule has 7 heteroatoms. The van der Waals surface area contributed by atoms with Gasteiger partial charge in [0.25, 0.3) is 10.0 Å². The number of nitrogens with one attached hydrogen (secondary N) is 1. The van der Waals surface area contributed by atoms with Crippen molar-refractivity contribution in [2.75, 3.05) is 10.5 Å². The van der Waals surface area contributed by atoms with Crippen molar-refractivity contribution in [3.8, 4) is 11.1 Å². The van der Waals surface area contributed by atoms with Crippen LogP contribution in [0.1, 0.15) is 0 Å². The minimum absolute atomic E-state index is 0.196. The number of aromatic nitrogens is 1. The quantitative estimate of drug-likeness (QED) is 0.719. The molecule has 0 saturated heterocycles. The standard InChI is InChI=1S/C15H13N3O2S2/c16-13-5-1-11(2-6-13)12-3-7-14(8-4-12)22(19,20)18-15-17-9-10-21-15/h1-10H,16H2,(H,17,18). The van der Waals surface area contributed by atoms with Crippen LogP contribution >= 0.6 is 11.3 Å². The van der Waals surface area contributed by atoms with Crippen LogP contribution in [0.25, 0.3) is 11.1 Å². The third-order valence-corrected chi connectivity index (χ3v) is 5.24. The van der Waals surface area contributed by atoms with Crippen molar-refractivity contribution in [1.82, 2.24) is 4.98 Å². The summed E-state index contributed by atoms with van der Waals surface area (Å²) in [5.74, 6) is 0. The van der Waals surface area contributed by atoms with Crippen molar-refractivity contribution < 1.29 is 8.42 Å². The van der Waals surface area contributed by atoms with Gasteiger partial charge in [-0.2, -0.15) is 0 Å². The Hall–Kier alpha value is -2.38. The van der Waals surface area contributed by atoms with Crippen molar-refractivity contribution >= 4 is 32.2 Å². The molecule has 0 unspecified atom stereocenters. The first-order valence-electron chi connectivity index (χ1n) is 6.43. The summed E-state index contributed by atoms with van der Waals surface area (Å²) in [7, 11) is -3.61. The van der Waals surface area contributed by atoms with E-state index >= 15 is 0 Å². The molecule has 3 N–H and O–H groups in total. The summed E-state index contributed by atoms with van der Waals surface area (Å²) < 4.78 is 26.9. The van der Waals surface area contributed by atoms with E-state index in [0.29, 0.717) is 10.8 Å². The molecule has 22 heavy (non-hydrogen) atoms. The average molecular weight is 331 g/mol. The van der Waals surface area contributed by atoms with Crippen molar-refractivity contribution in [3.05, 3.63) is 60.1 Å². The van der Waals surface area contributed by atoms with Crippen LogP contribution in [0.3, 0.4) is 0 Å². The molecule has 1 aromatic heterocycles. The minimum atomic E-state index is -3.61. The normalized spacial score (nSPS) is 11.3. The molecular formula is C15H13N3O2S2. The van der Waals surface area contributed by atoms with Crippen LogP contribution in [0.2, 0.25) is 0 Å². The lowest BCUT2D eigenvalue weighted by Crippen LogP contribution is -2.12. The number of rotatable bonds is 4. The highest BCUT2D eigenvalue weighted by Gasteiger charge is 2.15. The number of thiazole rings is 1. The molecule has 0 spiro atoms. The molecule has 0 fully saturated rings. The molecule has 0 aliphatic carbocycles. The number of nitrogen functional groups attached to an aromatic ring is 1. The average Bonchev–Trinajstić information content (AvgIpc) is 3.00. The SMILES string of the molecule is Nc1ccc(-c2ccc(S(=O)(=O)Nc3nccs3)cc2)cc1.